The molecule has 0 aliphatic heterocycles. The van der Waals surface area contributed by atoms with Gasteiger partial charge < -0.3 is 10.2 Å². The standard InChI is InChI=1S/C16H30N2S/c1-7-15-8-9-16(19-15)13(4)17-14(10-12(2)3)11-18(5)6/h8-9,12-14,17H,7,10-11H2,1-6H3. The third-order valence-corrected chi connectivity index (χ3v) is 4.70. The van der Waals surface area contributed by atoms with Gasteiger partial charge in [0.05, 0.1) is 0 Å². The molecule has 1 heterocycles. The van der Waals surface area contributed by atoms with Crippen LogP contribution in [0.1, 0.15) is 49.9 Å². The average molecular weight is 282 g/mol. The molecule has 2 atom stereocenters. The second-order valence-corrected chi connectivity index (χ2v) is 7.33. The van der Waals surface area contributed by atoms with Crippen LogP contribution in [0.3, 0.4) is 0 Å². The van der Waals surface area contributed by atoms with E-state index < -0.39 is 0 Å². The van der Waals surface area contributed by atoms with Crippen molar-refractivity contribution < 1.29 is 0 Å². The molecule has 0 fully saturated rings. The molecule has 2 nitrogen and oxygen atoms in total. The van der Waals surface area contributed by atoms with Crippen molar-refractivity contribution in [3.05, 3.63) is 21.9 Å². The Bertz CT molecular complexity index is 347. The van der Waals surface area contributed by atoms with E-state index in [1.807, 2.05) is 11.3 Å². The molecule has 19 heavy (non-hydrogen) atoms. The zero-order valence-electron chi connectivity index (χ0n) is 13.4. The number of thiophene rings is 1. The highest BCUT2D eigenvalue weighted by Gasteiger charge is 2.16. The van der Waals surface area contributed by atoms with Crippen LogP contribution in [0.15, 0.2) is 12.1 Å². The maximum Gasteiger partial charge on any atom is 0.0388 e. The van der Waals surface area contributed by atoms with Crippen molar-refractivity contribution >= 4 is 11.3 Å². The molecule has 0 amide bonds. The average Bonchev–Trinajstić information content (AvgIpc) is 2.75. The molecule has 0 aliphatic carbocycles. The van der Waals surface area contributed by atoms with Gasteiger partial charge in [-0.05, 0) is 51.9 Å². The van der Waals surface area contributed by atoms with Crippen LogP contribution >= 0.6 is 11.3 Å². The predicted octanol–water partition coefficient (Wildman–Crippen LogP) is 3.94. The lowest BCUT2D eigenvalue weighted by Crippen LogP contribution is -2.40. The Hall–Kier alpha value is -0.380. The SMILES string of the molecule is CCc1ccc(C(C)NC(CC(C)C)CN(C)C)s1. The molecule has 2 unspecified atom stereocenters. The Morgan fingerprint density at radius 3 is 2.37 bits per heavy atom. The number of nitrogens with zero attached hydrogens (tertiary/aromatic N) is 1. The highest BCUT2D eigenvalue weighted by molar-refractivity contribution is 7.12. The first-order valence-corrected chi connectivity index (χ1v) is 8.23. The topological polar surface area (TPSA) is 15.3 Å². The number of hydrogen-bond donors (Lipinski definition) is 1. The largest absolute Gasteiger partial charge is 0.308 e. The molecule has 1 aromatic heterocycles. The van der Waals surface area contributed by atoms with Gasteiger partial charge in [-0.1, -0.05) is 20.8 Å². The Balaban J connectivity index is 2.61. The number of rotatable bonds is 8. The van der Waals surface area contributed by atoms with Crippen LogP contribution in [-0.4, -0.2) is 31.6 Å². The summed E-state index contributed by atoms with van der Waals surface area (Å²) < 4.78 is 0. The molecule has 1 N–H and O–H groups in total. The Kier molecular flexibility index (Phi) is 7.05. The fourth-order valence-electron chi connectivity index (χ4n) is 2.46. The summed E-state index contributed by atoms with van der Waals surface area (Å²) in [4.78, 5) is 5.22. The van der Waals surface area contributed by atoms with Crippen molar-refractivity contribution in [2.75, 3.05) is 20.6 Å². The van der Waals surface area contributed by atoms with Crippen LogP contribution in [0.2, 0.25) is 0 Å². The van der Waals surface area contributed by atoms with E-state index in [-0.39, 0.29) is 0 Å². The Labute approximate surface area is 123 Å². The normalized spacial score (nSPS) is 15.2. The summed E-state index contributed by atoms with van der Waals surface area (Å²) in [5.74, 6) is 0.735. The van der Waals surface area contributed by atoms with Crippen molar-refractivity contribution in [2.45, 2.75) is 52.6 Å². The van der Waals surface area contributed by atoms with Crippen LogP contribution < -0.4 is 5.32 Å². The molecular formula is C16H30N2S. The van der Waals surface area contributed by atoms with Gasteiger partial charge in [-0.2, -0.15) is 0 Å². The molecule has 3 heteroatoms. The van der Waals surface area contributed by atoms with Gasteiger partial charge >= 0.3 is 0 Å². The molecular weight excluding hydrogens is 252 g/mol. The lowest BCUT2D eigenvalue weighted by molar-refractivity contribution is 0.292. The van der Waals surface area contributed by atoms with Crippen LogP contribution in [0.4, 0.5) is 0 Å². The molecule has 0 saturated carbocycles. The number of likely N-dealkylation sites (N-methyl/N-ethyl adjacent to an activating group) is 1. The monoisotopic (exact) mass is 282 g/mol. The van der Waals surface area contributed by atoms with Gasteiger partial charge in [-0.3, -0.25) is 0 Å². The van der Waals surface area contributed by atoms with E-state index in [1.54, 1.807) is 0 Å². The van der Waals surface area contributed by atoms with E-state index in [0.717, 1.165) is 18.9 Å². The first-order chi connectivity index (χ1) is 8.92. The van der Waals surface area contributed by atoms with Crippen LogP contribution in [0.25, 0.3) is 0 Å². The van der Waals surface area contributed by atoms with E-state index in [1.165, 1.54) is 16.2 Å². The number of aryl methyl sites for hydroxylation is 1. The van der Waals surface area contributed by atoms with Gasteiger partial charge in [0.2, 0.25) is 0 Å². The third kappa shape index (κ3) is 6.07. The third-order valence-electron chi connectivity index (χ3n) is 3.28. The van der Waals surface area contributed by atoms with Crippen molar-refractivity contribution in [1.29, 1.82) is 0 Å². The van der Waals surface area contributed by atoms with E-state index in [4.69, 9.17) is 0 Å². The van der Waals surface area contributed by atoms with Crippen molar-refractivity contribution in [3.63, 3.8) is 0 Å². The fourth-order valence-corrected chi connectivity index (χ4v) is 3.42. The molecule has 0 saturated heterocycles. The summed E-state index contributed by atoms with van der Waals surface area (Å²) in [7, 11) is 4.31. The van der Waals surface area contributed by atoms with Crippen molar-refractivity contribution in [2.24, 2.45) is 5.92 Å². The lowest BCUT2D eigenvalue weighted by atomic mass is 10.0. The Morgan fingerprint density at radius 1 is 1.21 bits per heavy atom. The molecule has 0 bridgehead atoms. The maximum absolute atomic E-state index is 3.80. The highest BCUT2D eigenvalue weighted by atomic mass is 32.1. The minimum absolute atomic E-state index is 0.453. The van der Waals surface area contributed by atoms with Crippen molar-refractivity contribution in [3.8, 4) is 0 Å². The van der Waals surface area contributed by atoms with Crippen molar-refractivity contribution in [1.82, 2.24) is 10.2 Å². The van der Waals surface area contributed by atoms with E-state index >= 15 is 0 Å². The van der Waals surface area contributed by atoms with Crippen LogP contribution in [0, 0.1) is 5.92 Å². The molecule has 110 valence electrons. The molecule has 1 rings (SSSR count). The van der Waals surface area contributed by atoms with Gasteiger partial charge in [0.15, 0.2) is 0 Å². The van der Waals surface area contributed by atoms with Gasteiger partial charge in [0.25, 0.3) is 0 Å². The minimum atomic E-state index is 0.453. The fraction of sp³-hybridized carbons (Fsp3) is 0.750. The second-order valence-electron chi connectivity index (χ2n) is 6.13. The molecule has 0 spiro atoms. The minimum Gasteiger partial charge on any atom is -0.308 e. The summed E-state index contributed by atoms with van der Waals surface area (Å²) in [6.45, 7) is 10.2. The quantitative estimate of drug-likeness (QED) is 0.777. The summed E-state index contributed by atoms with van der Waals surface area (Å²) in [6, 6.07) is 5.57. The van der Waals surface area contributed by atoms with E-state index in [2.05, 4.69) is 64.1 Å². The first-order valence-electron chi connectivity index (χ1n) is 7.41. The highest BCUT2D eigenvalue weighted by Crippen LogP contribution is 2.24. The van der Waals surface area contributed by atoms with Gasteiger partial charge in [0.1, 0.15) is 0 Å². The molecule has 1 aromatic rings. The molecule has 0 aromatic carbocycles. The van der Waals surface area contributed by atoms with E-state index in [0.29, 0.717) is 12.1 Å². The Morgan fingerprint density at radius 2 is 1.89 bits per heavy atom. The molecule has 0 radical (unpaired) electrons. The van der Waals surface area contributed by atoms with Gasteiger partial charge in [-0.25, -0.2) is 0 Å². The van der Waals surface area contributed by atoms with Gasteiger partial charge in [0, 0.05) is 28.4 Å². The van der Waals surface area contributed by atoms with Gasteiger partial charge in [-0.15, -0.1) is 11.3 Å². The molecule has 0 aliphatic rings. The smallest absolute Gasteiger partial charge is 0.0388 e. The van der Waals surface area contributed by atoms with Crippen LogP contribution in [0.5, 0.6) is 0 Å². The number of hydrogen-bond acceptors (Lipinski definition) is 3. The first kappa shape index (κ1) is 16.7. The lowest BCUT2D eigenvalue weighted by Gasteiger charge is -2.27. The predicted molar refractivity (Wildman–Crippen MR) is 87.0 cm³/mol. The van der Waals surface area contributed by atoms with Crippen LogP contribution in [-0.2, 0) is 6.42 Å². The maximum atomic E-state index is 3.80. The summed E-state index contributed by atoms with van der Waals surface area (Å²) in [6.07, 6.45) is 2.37. The zero-order chi connectivity index (χ0) is 14.4. The number of nitrogens with one attached hydrogen (secondary N) is 1. The second kappa shape index (κ2) is 8.03. The van der Waals surface area contributed by atoms with E-state index in [9.17, 15) is 0 Å². The zero-order valence-corrected chi connectivity index (χ0v) is 14.2. The summed E-state index contributed by atoms with van der Waals surface area (Å²) >= 11 is 1.94. The summed E-state index contributed by atoms with van der Waals surface area (Å²) in [5.41, 5.74) is 0. The summed E-state index contributed by atoms with van der Waals surface area (Å²) in [5, 5.41) is 3.80.